The summed E-state index contributed by atoms with van der Waals surface area (Å²) in [6.45, 7) is 4.33. The van der Waals surface area contributed by atoms with Crippen LogP contribution in [0.5, 0.6) is 0 Å². The number of aromatic nitrogens is 1. The highest BCUT2D eigenvalue weighted by Gasteiger charge is 2.33. The number of anilines is 3. The largest absolute Gasteiger partial charge is 0.333 e. The summed E-state index contributed by atoms with van der Waals surface area (Å²) in [6.07, 6.45) is 5.30. The highest BCUT2D eigenvalue weighted by Crippen LogP contribution is 2.45. The van der Waals surface area contributed by atoms with Crippen LogP contribution in [0.4, 0.5) is 26.2 Å². The molecule has 0 radical (unpaired) electrons. The summed E-state index contributed by atoms with van der Waals surface area (Å²) in [5, 5.41) is 6.29. The predicted molar refractivity (Wildman–Crippen MR) is 124 cm³/mol. The standard InChI is InChI=1S/C23H18FN5O3S/c1-2-17(30)28-11-3-4-14(12-28)26-21(31)20-19-18-16(9-10-25-22(18)33-20)29(23(32)27-19)15-7-5-13(24)6-8-15/h2,4-10H,1,3,11-12H2,(H,26,31)(H,27,32). The van der Waals surface area contributed by atoms with Gasteiger partial charge in [-0.1, -0.05) is 12.7 Å². The summed E-state index contributed by atoms with van der Waals surface area (Å²) >= 11 is 1.16. The quantitative estimate of drug-likeness (QED) is 0.569. The highest BCUT2D eigenvalue weighted by atomic mass is 32.1. The van der Waals surface area contributed by atoms with Crippen LogP contribution in [0, 0.1) is 5.82 Å². The van der Waals surface area contributed by atoms with E-state index in [2.05, 4.69) is 22.2 Å². The number of amides is 4. The van der Waals surface area contributed by atoms with E-state index < -0.39 is 17.8 Å². The molecule has 33 heavy (non-hydrogen) atoms. The average Bonchev–Trinajstić information content (AvgIpc) is 3.19. The molecular formula is C23H18FN5O3S. The Bertz CT molecular complexity index is 1350. The fourth-order valence-electron chi connectivity index (χ4n) is 3.95. The van der Waals surface area contributed by atoms with Crippen LogP contribution in [-0.4, -0.2) is 40.8 Å². The van der Waals surface area contributed by atoms with E-state index in [0.29, 0.717) is 50.8 Å². The number of hydrogen-bond acceptors (Lipinski definition) is 5. The summed E-state index contributed by atoms with van der Waals surface area (Å²) in [5.74, 6) is -1.00. The summed E-state index contributed by atoms with van der Waals surface area (Å²) in [6, 6.07) is 6.80. The van der Waals surface area contributed by atoms with Crippen LogP contribution >= 0.6 is 11.3 Å². The molecule has 0 spiro atoms. The molecule has 0 fully saturated rings. The number of carbonyl (C=O) groups is 3. The Hall–Kier alpha value is -4.05. The van der Waals surface area contributed by atoms with Crippen molar-refractivity contribution in [3.63, 3.8) is 0 Å². The highest BCUT2D eigenvalue weighted by molar-refractivity contribution is 7.21. The zero-order valence-corrected chi connectivity index (χ0v) is 18.1. The van der Waals surface area contributed by atoms with Crippen LogP contribution in [0.1, 0.15) is 16.1 Å². The molecule has 2 aliphatic rings. The second-order valence-electron chi connectivity index (χ2n) is 7.49. The van der Waals surface area contributed by atoms with E-state index in [9.17, 15) is 18.8 Å². The molecule has 4 amide bonds. The van der Waals surface area contributed by atoms with Gasteiger partial charge in [-0.05, 0) is 42.8 Å². The first-order valence-electron chi connectivity index (χ1n) is 10.2. The van der Waals surface area contributed by atoms with Gasteiger partial charge in [-0.15, -0.1) is 11.3 Å². The minimum absolute atomic E-state index is 0.200. The molecule has 0 atom stereocenters. The number of hydrogen-bond donors (Lipinski definition) is 2. The second-order valence-corrected chi connectivity index (χ2v) is 8.49. The van der Waals surface area contributed by atoms with Gasteiger partial charge in [0.25, 0.3) is 5.91 Å². The number of benzene rings is 1. The maximum atomic E-state index is 13.4. The fourth-order valence-corrected chi connectivity index (χ4v) is 4.96. The second kappa shape index (κ2) is 8.14. The van der Waals surface area contributed by atoms with Gasteiger partial charge in [-0.3, -0.25) is 14.5 Å². The lowest BCUT2D eigenvalue weighted by atomic mass is 10.1. The molecule has 0 saturated carbocycles. The van der Waals surface area contributed by atoms with Crippen molar-refractivity contribution in [3.05, 3.63) is 71.7 Å². The number of rotatable bonds is 4. The topological polar surface area (TPSA) is 94.6 Å². The molecule has 8 nitrogen and oxygen atoms in total. The molecule has 2 N–H and O–H groups in total. The molecule has 0 unspecified atom stereocenters. The minimum Gasteiger partial charge on any atom is -0.333 e. The van der Waals surface area contributed by atoms with E-state index in [1.807, 2.05) is 6.08 Å². The van der Waals surface area contributed by atoms with Gasteiger partial charge in [0.15, 0.2) is 0 Å². The smallest absolute Gasteiger partial charge is 0.331 e. The van der Waals surface area contributed by atoms with E-state index in [1.165, 1.54) is 35.2 Å². The Kier molecular flexibility index (Phi) is 5.14. The normalized spacial score (nSPS) is 15.2. The van der Waals surface area contributed by atoms with Crippen LogP contribution in [-0.2, 0) is 4.79 Å². The number of nitrogens with one attached hydrogen (secondary N) is 2. The number of thiophene rings is 1. The average molecular weight is 463 g/mol. The summed E-state index contributed by atoms with van der Waals surface area (Å²) in [7, 11) is 0. The lowest BCUT2D eigenvalue weighted by Crippen LogP contribution is -2.39. The van der Waals surface area contributed by atoms with Crippen LogP contribution in [0.2, 0.25) is 0 Å². The van der Waals surface area contributed by atoms with Gasteiger partial charge in [-0.25, -0.2) is 14.2 Å². The molecule has 1 aromatic carbocycles. The third-order valence-electron chi connectivity index (χ3n) is 5.45. The van der Waals surface area contributed by atoms with Crippen LogP contribution in [0.3, 0.4) is 0 Å². The van der Waals surface area contributed by atoms with Crippen LogP contribution in [0.25, 0.3) is 10.2 Å². The van der Waals surface area contributed by atoms with E-state index in [4.69, 9.17) is 0 Å². The van der Waals surface area contributed by atoms with Crippen molar-refractivity contribution in [2.45, 2.75) is 6.42 Å². The van der Waals surface area contributed by atoms with Crippen molar-refractivity contribution in [1.82, 2.24) is 15.2 Å². The Morgan fingerprint density at radius 3 is 2.79 bits per heavy atom. The van der Waals surface area contributed by atoms with Gasteiger partial charge < -0.3 is 15.5 Å². The number of nitrogens with zero attached hydrogens (tertiary/aromatic N) is 3. The number of halogens is 1. The zero-order valence-electron chi connectivity index (χ0n) is 17.3. The van der Waals surface area contributed by atoms with Crippen LogP contribution in [0.15, 0.2) is 61.0 Å². The Morgan fingerprint density at radius 2 is 2.03 bits per heavy atom. The summed E-state index contributed by atoms with van der Waals surface area (Å²) in [4.78, 5) is 46.4. The van der Waals surface area contributed by atoms with Gasteiger partial charge in [0.1, 0.15) is 15.5 Å². The van der Waals surface area contributed by atoms with E-state index in [-0.39, 0.29) is 12.5 Å². The first-order valence-corrected chi connectivity index (χ1v) is 11.0. The molecule has 0 bridgehead atoms. The predicted octanol–water partition coefficient (Wildman–Crippen LogP) is 4.15. The van der Waals surface area contributed by atoms with Crippen molar-refractivity contribution < 1.29 is 18.8 Å². The van der Waals surface area contributed by atoms with E-state index in [1.54, 1.807) is 17.2 Å². The van der Waals surface area contributed by atoms with Gasteiger partial charge in [0.05, 0.1) is 29.0 Å². The monoisotopic (exact) mass is 463 g/mol. The number of carbonyl (C=O) groups excluding carboxylic acids is 3. The Morgan fingerprint density at radius 1 is 1.24 bits per heavy atom. The number of urea groups is 1. The molecule has 2 aromatic heterocycles. The summed E-state index contributed by atoms with van der Waals surface area (Å²) in [5.41, 5.74) is 2.03. The zero-order chi connectivity index (χ0) is 23.1. The molecular weight excluding hydrogens is 445 g/mol. The van der Waals surface area contributed by atoms with Gasteiger partial charge >= 0.3 is 6.03 Å². The van der Waals surface area contributed by atoms with E-state index in [0.717, 1.165) is 11.3 Å². The van der Waals surface area contributed by atoms with Crippen molar-refractivity contribution in [2.24, 2.45) is 0 Å². The van der Waals surface area contributed by atoms with Crippen molar-refractivity contribution in [1.29, 1.82) is 0 Å². The van der Waals surface area contributed by atoms with Crippen LogP contribution < -0.4 is 15.5 Å². The first kappa shape index (κ1) is 20.8. The third kappa shape index (κ3) is 3.64. The molecule has 3 aromatic rings. The van der Waals surface area contributed by atoms with Gasteiger partial charge in [0, 0.05) is 18.4 Å². The van der Waals surface area contributed by atoms with Crippen molar-refractivity contribution in [2.75, 3.05) is 23.3 Å². The van der Waals surface area contributed by atoms with Crippen molar-refractivity contribution >= 4 is 56.5 Å². The summed E-state index contributed by atoms with van der Waals surface area (Å²) < 4.78 is 13.4. The maximum absolute atomic E-state index is 13.4. The molecule has 0 aliphatic carbocycles. The van der Waals surface area contributed by atoms with Gasteiger partial charge in [0.2, 0.25) is 5.91 Å². The minimum atomic E-state index is -0.464. The van der Waals surface area contributed by atoms with Crippen molar-refractivity contribution in [3.8, 4) is 0 Å². The Balaban J connectivity index is 1.49. The SMILES string of the molecule is C=CC(=O)N1CCC=C(NC(=O)c2sc3nccc4c3c2NC(=O)N4c2ccc(F)cc2)C1. The molecule has 5 rings (SSSR count). The molecule has 2 aliphatic heterocycles. The van der Waals surface area contributed by atoms with Gasteiger partial charge in [-0.2, -0.15) is 0 Å². The third-order valence-corrected chi connectivity index (χ3v) is 6.54. The lowest BCUT2D eigenvalue weighted by molar-refractivity contribution is -0.125. The molecule has 10 heteroatoms. The molecule has 166 valence electrons. The number of pyridine rings is 1. The maximum Gasteiger partial charge on any atom is 0.331 e. The Labute approximate surface area is 192 Å². The lowest BCUT2D eigenvalue weighted by Gasteiger charge is -2.28. The fraction of sp³-hybridized carbons (Fsp3) is 0.130. The molecule has 0 saturated heterocycles. The molecule has 4 heterocycles. The first-order chi connectivity index (χ1) is 16.0. The van der Waals surface area contributed by atoms with E-state index >= 15 is 0 Å².